The Balaban J connectivity index is 1.39. The molecule has 3 nitrogen and oxygen atoms in total. The fourth-order valence-corrected chi connectivity index (χ4v) is 4.08. The number of rotatable bonds is 4. The van der Waals surface area contributed by atoms with Crippen LogP contribution in [0.25, 0.3) is 10.8 Å². The summed E-state index contributed by atoms with van der Waals surface area (Å²) in [6.45, 7) is 6.33. The van der Waals surface area contributed by atoms with Crippen molar-refractivity contribution in [3.63, 3.8) is 0 Å². The van der Waals surface area contributed by atoms with Gasteiger partial charge >= 0.3 is 0 Å². The minimum atomic E-state index is 0.322. The Morgan fingerprint density at radius 3 is 2.60 bits per heavy atom. The number of hydrogen-bond acceptors (Lipinski definition) is 2. The van der Waals surface area contributed by atoms with Gasteiger partial charge in [0.25, 0.3) is 0 Å². The second-order valence-corrected chi connectivity index (χ2v) is 7.93. The molecule has 2 aromatic rings. The van der Waals surface area contributed by atoms with E-state index in [1.165, 1.54) is 16.3 Å². The van der Waals surface area contributed by atoms with E-state index in [0.29, 0.717) is 29.8 Å². The third-order valence-corrected chi connectivity index (χ3v) is 5.88. The van der Waals surface area contributed by atoms with E-state index < -0.39 is 0 Å². The summed E-state index contributed by atoms with van der Waals surface area (Å²) in [4.78, 5) is 14.4. The van der Waals surface area contributed by atoms with Crippen molar-refractivity contribution in [3.05, 3.63) is 48.0 Å². The maximum absolute atomic E-state index is 12.3. The van der Waals surface area contributed by atoms with E-state index in [2.05, 4.69) is 66.5 Å². The van der Waals surface area contributed by atoms with Crippen LogP contribution in [0.1, 0.15) is 44.7 Å². The number of carbonyl (C=O) groups is 1. The third kappa shape index (κ3) is 3.57. The molecule has 2 aliphatic rings. The zero-order valence-electron chi connectivity index (χ0n) is 15.2. The van der Waals surface area contributed by atoms with Gasteiger partial charge in [0.1, 0.15) is 0 Å². The molecule has 0 aromatic heterocycles. The smallest absolute Gasteiger partial charge is 0.225 e. The Kier molecular flexibility index (Phi) is 4.51. The molecule has 1 aliphatic carbocycles. The first kappa shape index (κ1) is 16.6. The van der Waals surface area contributed by atoms with Gasteiger partial charge in [0.2, 0.25) is 5.91 Å². The van der Waals surface area contributed by atoms with Crippen LogP contribution in [0.3, 0.4) is 0 Å². The van der Waals surface area contributed by atoms with Gasteiger partial charge in [-0.15, -0.1) is 0 Å². The van der Waals surface area contributed by atoms with Gasteiger partial charge in [0.15, 0.2) is 0 Å². The minimum absolute atomic E-state index is 0.322. The lowest BCUT2D eigenvalue weighted by atomic mass is 9.92. The first-order valence-electron chi connectivity index (χ1n) is 9.65. The van der Waals surface area contributed by atoms with Crippen molar-refractivity contribution in [1.29, 1.82) is 0 Å². The molecule has 0 bridgehead atoms. The molecule has 1 amide bonds. The molecule has 132 valence electrons. The SMILES string of the molecule is C[C@H](N[C@H]1CCN(C(=O)C2CC2)C[C@@H]1C)c1ccc2ccccc2c1. The zero-order valence-corrected chi connectivity index (χ0v) is 15.2. The lowest BCUT2D eigenvalue weighted by Crippen LogP contribution is -2.50. The maximum atomic E-state index is 12.3. The number of nitrogens with zero attached hydrogens (tertiary/aromatic N) is 1. The van der Waals surface area contributed by atoms with Crippen molar-refractivity contribution in [2.45, 2.75) is 45.2 Å². The highest BCUT2D eigenvalue weighted by Gasteiger charge is 2.37. The second kappa shape index (κ2) is 6.80. The average molecular weight is 336 g/mol. The van der Waals surface area contributed by atoms with Crippen LogP contribution in [0.2, 0.25) is 0 Å². The number of carbonyl (C=O) groups excluding carboxylic acids is 1. The number of likely N-dealkylation sites (tertiary alicyclic amines) is 1. The summed E-state index contributed by atoms with van der Waals surface area (Å²) in [5.41, 5.74) is 1.34. The Bertz CT molecular complexity index is 767. The monoisotopic (exact) mass is 336 g/mol. The summed E-state index contributed by atoms with van der Waals surface area (Å²) in [5, 5.41) is 6.40. The molecular formula is C22H28N2O. The summed E-state index contributed by atoms with van der Waals surface area (Å²) < 4.78 is 0. The van der Waals surface area contributed by atoms with Gasteiger partial charge in [-0.1, -0.05) is 43.3 Å². The molecule has 3 atom stereocenters. The molecule has 0 radical (unpaired) electrons. The Hall–Kier alpha value is -1.87. The quantitative estimate of drug-likeness (QED) is 0.910. The average Bonchev–Trinajstić information content (AvgIpc) is 3.47. The van der Waals surface area contributed by atoms with Gasteiger partial charge in [0, 0.05) is 31.1 Å². The molecular weight excluding hydrogens is 308 g/mol. The second-order valence-electron chi connectivity index (χ2n) is 7.93. The molecule has 0 spiro atoms. The molecule has 25 heavy (non-hydrogen) atoms. The predicted molar refractivity (Wildman–Crippen MR) is 102 cm³/mol. The summed E-state index contributed by atoms with van der Waals surface area (Å²) in [5.74, 6) is 1.24. The van der Waals surface area contributed by atoms with Crippen molar-refractivity contribution < 1.29 is 4.79 Å². The van der Waals surface area contributed by atoms with Crippen LogP contribution in [0.15, 0.2) is 42.5 Å². The highest BCUT2D eigenvalue weighted by Crippen LogP contribution is 2.33. The number of hydrogen-bond donors (Lipinski definition) is 1. The lowest BCUT2D eigenvalue weighted by Gasteiger charge is -2.39. The van der Waals surface area contributed by atoms with Crippen LogP contribution in [0.5, 0.6) is 0 Å². The molecule has 1 aliphatic heterocycles. The molecule has 3 heteroatoms. The van der Waals surface area contributed by atoms with E-state index in [1.54, 1.807) is 0 Å². The highest BCUT2D eigenvalue weighted by molar-refractivity contribution is 5.83. The van der Waals surface area contributed by atoms with E-state index in [4.69, 9.17) is 0 Å². The van der Waals surface area contributed by atoms with E-state index in [0.717, 1.165) is 32.4 Å². The Labute approximate surface area is 150 Å². The van der Waals surface area contributed by atoms with Crippen molar-refractivity contribution in [3.8, 4) is 0 Å². The molecule has 1 saturated carbocycles. The van der Waals surface area contributed by atoms with Crippen molar-refractivity contribution in [2.75, 3.05) is 13.1 Å². The van der Waals surface area contributed by atoms with Crippen molar-refractivity contribution in [1.82, 2.24) is 10.2 Å². The summed E-state index contributed by atoms with van der Waals surface area (Å²) in [7, 11) is 0. The molecule has 4 rings (SSSR count). The maximum Gasteiger partial charge on any atom is 0.225 e. The van der Waals surface area contributed by atoms with E-state index >= 15 is 0 Å². The fourth-order valence-electron chi connectivity index (χ4n) is 4.08. The van der Waals surface area contributed by atoms with E-state index in [1.807, 2.05) is 0 Å². The highest BCUT2D eigenvalue weighted by atomic mass is 16.2. The fraction of sp³-hybridized carbons (Fsp3) is 0.500. The van der Waals surface area contributed by atoms with E-state index in [9.17, 15) is 4.79 Å². The molecule has 0 unspecified atom stereocenters. The largest absolute Gasteiger partial charge is 0.342 e. The number of benzene rings is 2. The van der Waals surface area contributed by atoms with Gasteiger partial charge in [-0.05, 0) is 54.5 Å². The third-order valence-electron chi connectivity index (χ3n) is 5.88. The first-order valence-corrected chi connectivity index (χ1v) is 9.65. The minimum Gasteiger partial charge on any atom is -0.342 e. The number of nitrogens with one attached hydrogen (secondary N) is 1. The molecule has 1 heterocycles. The number of amides is 1. The van der Waals surface area contributed by atoms with Gasteiger partial charge in [-0.2, -0.15) is 0 Å². The van der Waals surface area contributed by atoms with Crippen LogP contribution in [0, 0.1) is 11.8 Å². The molecule has 2 fully saturated rings. The molecule has 1 N–H and O–H groups in total. The van der Waals surface area contributed by atoms with Crippen LogP contribution in [0.4, 0.5) is 0 Å². The van der Waals surface area contributed by atoms with Crippen LogP contribution in [-0.2, 0) is 4.79 Å². The number of piperidine rings is 1. The Morgan fingerprint density at radius 1 is 1.12 bits per heavy atom. The van der Waals surface area contributed by atoms with Gasteiger partial charge in [-0.25, -0.2) is 0 Å². The van der Waals surface area contributed by atoms with Gasteiger partial charge in [-0.3, -0.25) is 4.79 Å². The van der Waals surface area contributed by atoms with Crippen LogP contribution < -0.4 is 5.32 Å². The molecule has 1 saturated heterocycles. The molecule has 2 aromatic carbocycles. The van der Waals surface area contributed by atoms with Gasteiger partial charge in [0.05, 0.1) is 0 Å². The topological polar surface area (TPSA) is 32.3 Å². The summed E-state index contributed by atoms with van der Waals surface area (Å²) in [6, 6.07) is 16.1. The standard InChI is InChI=1S/C22H28N2O/c1-15-14-24(22(25)18-8-9-18)12-11-21(15)23-16(2)19-10-7-17-5-3-4-6-20(17)13-19/h3-7,10,13,15-16,18,21,23H,8-9,11-12,14H2,1-2H3/t15-,16-,21-/m0/s1. The zero-order chi connectivity index (χ0) is 17.4. The summed E-state index contributed by atoms with van der Waals surface area (Å²) in [6.07, 6.45) is 3.26. The number of fused-ring (bicyclic) bond motifs is 1. The van der Waals surface area contributed by atoms with Crippen LogP contribution in [-0.4, -0.2) is 29.9 Å². The first-order chi connectivity index (χ1) is 12.1. The van der Waals surface area contributed by atoms with Crippen LogP contribution >= 0.6 is 0 Å². The normalized spacial score (nSPS) is 25.1. The van der Waals surface area contributed by atoms with Crippen molar-refractivity contribution in [2.24, 2.45) is 11.8 Å². The van der Waals surface area contributed by atoms with E-state index in [-0.39, 0.29) is 0 Å². The van der Waals surface area contributed by atoms with Gasteiger partial charge < -0.3 is 10.2 Å². The van der Waals surface area contributed by atoms with Crippen molar-refractivity contribution >= 4 is 16.7 Å². The summed E-state index contributed by atoms with van der Waals surface area (Å²) >= 11 is 0. The lowest BCUT2D eigenvalue weighted by molar-refractivity contribution is -0.134. The predicted octanol–water partition coefficient (Wildman–Crippen LogP) is 4.14. The Morgan fingerprint density at radius 2 is 1.88 bits per heavy atom.